The molecule has 1 fully saturated rings. The highest BCUT2D eigenvalue weighted by atomic mass is 32.2. The molecule has 1 aromatic carbocycles. The van der Waals surface area contributed by atoms with Crippen molar-refractivity contribution in [2.24, 2.45) is 0 Å². The van der Waals surface area contributed by atoms with Crippen molar-refractivity contribution >= 4 is 10.2 Å². The third-order valence-corrected chi connectivity index (χ3v) is 5.76. The molecular formula is C14H22N2O3S. The molecule has 1 aliphatic heterocycles. The second kappa shape index (κ2) is 6.22. The van der Waals surface area contributed by atoms with Gasteiger partial charge in [0.1, 0.15) is 0 Å². The van der Waals surface area contributed by atoms with E-state index in [-0.39, 0.29) is 6.04 Å². The van der Waals surface area contributed by atoms with E-state index in [1.54, 1.807) is 14.1 Å². The van der Waals surface area contributed by atoms with E-state index in [4.69, 9.17) is 0 Å². The lowest BCUT2D eigenvalue weighted by Crippen LogP contribution is -2.43. The zero-order valence-electron chi connectivity index (χ0n) is 11.9. The van der Waals surface area contributed by atoms with Crippen molar-refractivity contribution in [2.45, 2.75) is 31.4 Å². The van der Waals surface area contributed by atoms with Crippen LogP contribution in [-0.4, -0.2) is 48.8 Å². The van der Waals surface area contributed by atoms with Crippen molar-refractivity contribution in [1.82, 2.24) is 8.61 Å². The molecule has 0 radical (unpaired) electrons. The first kappa shape index (κ1) is 15.4. The van der Waals surface area contributed by atoms with Crippen LogP contribution in [0, 0.1) is 0 Å². The minimum Gasteiger partial charge on any atom is -0.388 e. The van der Waals surface area contributed by atoms with E-state index in [1.165, 1.54) is 8.61 Å². The summed E-state index contributed by atoms with van der Waals surface area (Å²) in [6.07, 6.45) is 1.46. The Balaban J connectivity index is 2.09. The van der Waals surface area contributed by atoms with Crippen molar-refractivity contribution < 1.29 is 13.5 Å². The van der Waals surface area contributed by atoms with Crippen molar-refractivity contribution in [1.29, 1.82) is 0 Å². The van der Waals surface area contributed by atoms with Gasteiger partial charge in [0.2, 0.25) is 0 Å². The maximum atomic E-state index is 12.2. The Morgan fingerprint density at radius 3 is 2.60 bits per heavy atom. The molecule has 0 aromatic heterocycles. The summed E-state index contributed by atoms with van der Waals surface area (Å²) in [4.78, 5) is 0. The summed E-state index contributed by atoms with van der Waals surface area (Å²) in [5, 5.41) is 10.3. The zero-order chi connectivity index (χ0) is 14.8. The topological polar surface area (TPSA) is 60.9 Å². The Bertz CT molecular complexity index is 531. The third-order valence-electron chi connectivity index (χ3n) is 3.76. The van der Waals surface area contributed by atoms with Crippen LogP contribution in [0.4, 0.5) is 0 Å². The quantitative estimate of drug-likeness (QED) is 0.893. The Hall–Kier alpha value is -0.950. The van der Waals surface area contributed by atoms with Crippen LogP contribution in [0.5, 0.6) is 0 Å². The van der Waals surface area contributed by atoms with E-state index >= 15 is 0 Å². The highest BCUT2D eigenvalue weighted by Crippen LogP contribution is 2.29. The van der Waals surface area contributed by atoms with Crippen LogP contribution in [0.3, 0.4) is 0 Å². The number of rotatable bonds is 5. The molecule has 0 spiro atoms. The van der Waals surface area contributed by atoms with Crippen molar-refractivity contribution in [3.8, 4) is 0 Å². The Morgan fingerprint density at radius 1 is 1.35 bits per heavy atom. The molecule has 1 saturated heterocycles. The van der Waals surface area contributed by atoms with Gasteiger partial charge in [-0.2, -0.15) is 17.0 Å². The van der Waals surface area contributed by atoms with Crippen molar-refractivity contribution in [3.63, 3.8) is 0 Å². The van der Waals surface area contributed by atoms with Gasteiger partial charge in [-0.15, -0.1) is 0 Å². The van der Waals surface area contributed by atoms with E-state index in [0.29, 0.717) is 13.0 Å². The predicted molar refractivity (Wildman–Crippen MR) is 78.4 cm³/mol. The third kappa shape index (κ3) is 3.20. The van der Waals surface area contributed by atoms with Crippen LogP contribution >= 0.6 is 0 Å². The molecule has 0 amide bonds. The summed E-state index contributed by atoms with van der Waals surface area (Å²) >= 11 is 0. The van der Waals surface area contributed by atoms with E-state index in [1.807, 2.05) is 30.3 Å². The van der Waals surface area contributed by atoms with Crippen LogP contribution in [0.25, 0.3) is 0 Å². The summed E-state index contributed by atoms with van der Waals surface area (Å²) in [6, 6.07) is 9.25. The van der Waals surface area contributed by atoms with Crippen LogP contribution < -0.4 is 0 Å². The van der Waals surface area contributed by atoms with E-state index in [9.17, 15) is 13.5 Å². The van der Waals surface area contributed by atoms with Crippen molar-refractivity contribution in [2.75, 3.05) is 20.6 Å². The molecule has 1 N–H and O–H groups in total. The zero-order valence-corrected chi connectivity index (χ0v) is 12.8. The standard InChI is InChI=1S/C14H22N2O3S/c1-15(2)20(18,19)16-10-6-9-13(16)11-14(17)12-7-4-3-5-8-12/h3-5,7-8,13-14,17H,6,9-11H2,1-2H3. The fourth-order valence-electron chi connectivity index (χ4n) is 2.63. The highest BCUT2D eigenvalue weighted by molar-refractivity contribution is 7.86. The number of aliphatic hydroxyl groups excluding tert-OH is 1. The summed E-state index contributed by atoms with van der Waals surface area (Å²) in [5.41, 5.74) is 0.835. The smallest absolute Gasteiger partial charge is 0.281 e. The molecule has 20 heavy (non-hydrogen) atoms. The van der Waals surface area contributed by atoms with Gasteiger partial charge in [-0.1, -0.05) is 30.3 Å². The van der Waals surface area contributed by atoms with Crippen LogP contribution in [0.1, 0.15) is 30.9 Å². The largest absolute Gasteiger partial charge is 0.388 e. The van der Waals surface area contributed by atoms with E-state index in [2.05, 4.69) is 0 Å². The Labute approximate surface area is 121 Å². The Morgan fingerprint density at radius 2 is 2.00 bits per heavy atom. The van der Waals surface area contributed by atoms with Gasteiger partial charge >= 0.3 is 0 Å². The second-order valence-electron chi connectivity index (χ2n) is 5.36. The lowest BCUT2D eigenvalue weighted by atomic mass is 10.0. The van der Waals surface area contributed by atoms with Crippen LogP contribution in [-0.2, 0) is 10.2 Å². The first-order chi connectivity index (χ1) is 9.43. The summed E-state index contributed by atoms with van der Waals surface area (Å²) < 4.78 is 27.2. The lowest BCUT2D eigenvalue weighted by Gasteiger charge is -2.28. The lowest BCUT2D eigenvalue weighted by molar-refractivity contribution is 0.141. The normalized spacial score (nSPS) is 22.3. The van der Waals surface area contributed by atoms with Gasteiger partial charge < -0.3 is 5.11 Å². The van der Waals surface area contributed by atoms with Crippen LogP contribution in [0.2, 0.25) is 0 Å². The maximum Gasteiger partial charge on any atom is 0.281 e. The summed E-state index contributed by atoms with van der Waals surface area (Å²) in [5.74, 6) is 0. The molecule has 0 saturated carbocycles. The SMILES string of the molecule is CN(C)S(=O)(=O)N1CCCC1CC(O)c1ccccc1. The van der Waals surface area contributed by atoms with Crippen LogP contribution in [0.15, 0.2) is 30.3 Å². The molecular weight excluding hydrogens is 276 g/mol. The predicted octanol–water partition coefficient (Wildman–Crippen LogP) is 1.38. The average molecular weight is 298 g/mol. The van der Waals surface area contributed by atoms with Gasteiger partial charge in [-0.05, 0) is 24.8 Å². The van der Waals surface area contributed by atoms with Crippen molar-refractivity contribution in [3.05, 3.63) is 35.9 Å². The molecule has 112 valence electrons. The molecule has 1 aromatic rings. The Kier molecular flexibility index (Phi) is 4.80. The van der Waals surface area contributed by atoms with E-state index in [0.717, 1.165) is 18.4 Å². The monoisotopic (exact) mass is 298 g/mol. The first-order valence-electron chi connectivity index (χ1n) is 6.85. The molecule has 0 aliphatic carbocycles. The minimum atomic E-state index is -3.40. The number of nitrogens with zero attached hydrogens (tertiary/aromatic N) is 2. The summed E-state index contributed by atoms with van der Waals surface area (Å²) in [6.45, 7) is 0.534. The maximum absolute atomic E-state index is 12.2. The molecule has 5 nitrogen and oxygen atoms in total. The van der Waals surface area contributed by atoms with Gasteiger partial charge in [0.05, 0.1) is 6.10 Å². The number of hydrogen-bond donors (Lipinski definition) is 1. The highest BCUT2D eigenvalue weighted by Gasteiger charge is 2.36. The number of hydrogen-bond acceptors (Lipinski definition) is 3. The molecule has 2 unspecified atom stereocenters. The van der Waals surface area contributed by atoms with Gasteiger partial charge in [0, 0.05) is 26.7 Å². The fraction of sp³-hybridized carbons (Fsp3) is 0.571. The molecule has 2 rings (SSSR count). The molecule has 1 aliphatic rings. The average Bonchev–Trinajstić information content (AvgIpc) is 2.88. The molecule has 2 atom stereocenters. The fourth-order valence-corrected chi connectivity index (χ4v) is 3.97. The van der Waals surface area contributed by atoms with E-state index < -0.39 is 16.3 Å². The van der Waals surface area contributed by atoms with Gasteiger partial charge in [0.15, 0.2) is 0 Å². The van der Waals surface area contributed by atoms with Gasteiger partial charge in [0.25, 0.3) is 10.2 Å². The second-order valence-corrected chi connectivity index (χ2v) is 7.45. The molecule has 6 heteroatoms. The number of aliphatic hydroxyl groups is 1. The van der Waals surface area contributed by atoms with Gasteiger partial charge in [-0.25, -0.2) is 0 Å². The van der Waals surface area contributed by atoms with Gasteiger partial charge in [-0.3, -0.25) is 0 Å². The first-order valence-corrected chi connectivity index (χ1v) is 8.25. The summed E-state index contributed by atoms with van der Waals surface area (Å²) in [7, 11) is -0.318. The number of benzene rings is 1. The minimum absolute atomic E-state index is 0.127. The molecule has 0 bridgehead atoms. The molecule has 1 heterocycles.